The Labute approximate surface area is 227 Å². The number of primary amides is 1. The molecular formula is C25H24F3N7O4S. The van der Waals surface area contributed by atoms with Crippen LogP contribution in [0.3, 0.4) is 0 Å². The smallest absolute Gasteiger partial charge is 0.355 e. The van der Waals surface area contributed by atoms with Gasteiger partial charge in [0.2, 0.25) is 0 Å². The Morgan fingerprint density at radius 2 is 1.90 bits per heavy atom. The van der Waals surface area contributed by atoms with Crippen LogP contribution in [0, 0.1) is 5.82 Å². The number of carbonyl (C=O) groups is 1. The molecule has 2 heterocycles. The first-order valence-electron chi connectivity index (χ1n) is 11.7. The summed E-state index contributed by atoms with van der Waals surface area (Å²) in [4.78, 5) is 20.4. The SMILES string of the molecule is COC[C@H](Cc1cc(-c2[nH]nc(Nc3cnccn3)c2C(N)=O)ccc1NS(=O)(=O)C(F)F)c1ccc(F)cc1. The summed E-state index contributed by atoms with van der Waals surface area (Å²) in [5.41, 5.74) is 7.03. The lowest BCUT2D eigenvalue weighted by molar-refractivity contribution is 0.100. The molecule has 0 fully saturated rings. The molecule has 4 aromatic rings. The summed E-state index contributed by atoms with van der Waals surface area (Å²) in [6.07, 6.45) is 4.40. The number of nitrogens with two attached hydrogens (primary N) is 1. The first-order valence-corrected chi connectivity index (χ1v) is 13.2. The highest BCUT2D eigenvalue weighted by atomic mass is 32.2. The molecule has 11 nitrogen and oxygen atoms in total. The molecule has 0 unspecified atom stereocenters. The van der Waals surface area contributed by atoms with Gasteiger partial charge in [-0.2, -0.15) is 13.9 Å². The molecule has 1 atom stereocenters. The van der Waals surface area contributed by atoms with Crippen LogP contribution >= 0.6 is 0 Å². The van der Waals surface area contributed by atoms with Gasteiger partial charge < -0.3 is 15.8 Å². The normalized spacial score (nSPS) is 12.3. The van der Waals surface area contributed by atoms with E-state index in [0.29, 0.717) is 22.5 Å². The molecule has 2 aromatic carbocycles. The second-order valence-corrected chi connectivity index (χ2v) is 10.2. The molecule has 0 spiro atoms. The van der Waals surface area contributed by atoms with Crippen LogP contribution in [0.5, 0.6) is 0 Å². The Bertz CT molecular complexity index is 1580. The van der Waals surface area contributed by atoms with Gasteiger partial charge in [0.1, 0.15) is 17.2 Å². The molecule has 0 aliphatic carbocycles. The van der Waals surface area contributed by atoms with Crippen molar-refractivity contribution < 1.29 is 31.1 Å². The number of halogens is 3. The fourth-order valence-electron chi connectivity index (χ4n) is 4.06. The van der Waals surface area contributed by atoms with Gasteiger partial charge in [0.05, 0.1) is 24.2 Å². The number of amides is 1. The monoisotopic (exact) mass is 575 g/mol. The van der Waals surface area contributed by atoms with Crippen molar-refractivity contribution in [3.8, 4) is 11.3 Å². The molecule has 0 saturated heterocycles. The van der Waals surface area contributed by atoms with Gasteiger partial charge in [-0.3, -0.25) is 19.6 Å². The van der Waals surface area contributed by atoms with Gasteiger partial charge >= 0.3 is 5.76 Å². The third kappa shape index (κ3) is 6.55. The van der Waals surface area contributed by atoms with Crippen LogP contribution in [-0.2, 0) is 21.2 Å². The first kappa shape index (κ1) is 28.5. The van der Waals surface area contributed by atoms with E-state index in [4.69, 9.17) is 10.5 Å². The van der Waals surface area contributed by atoms with Gasteiger partial charge in [0.15, 0.2) is 5.82 Å². The van der Waals surface area contributed by atoms with Crippen LogP contribution in [-0.4, -0.2) is 54.0 Å². The lowest BCUT2D eigenvalue weighted by Crippen LogP contribution is -2.22. The maximum Gasteiger partial charge on any atom is 0.355 e. The number of hydrogen-bond donors (Lipinski definition) is 4. The minimum absolute atomic E-state index is 0.0236. The number of methoxy groups -OCH3 is 1. The number of benzene rings is 2. The van der Waals surface area contributed by atoms with Gasteiger partial charge in [0.25, 0.3) is 15.9 Å². The van der Waals surface area contributed by atoms with Crippen LogP contribution < -0.4 is 15.8 Å². The van der Waals surface area contributed by atoms with E-state index in [0.717, 1.165) is 0 Å². The summed E-state index contributed by atoms with van der Waals surface area (Å²) in [5.74, 6) is -5.01. The predicted molar refractivity (Wildman–Crippen MR) is 141 cm³/mol. The van der Waals surface area contributed by atoms with Gasteiger partial charge in [-0.25, -0.2) is 17.8 Å². The largest absolute Gasteiger partial charge is 0.384 e. The van der Waals surface area contributed by atoms with Crippen molar-refractivity contribution in [1.82, 2.24) is 20.2 Å². The van der Waals surface area contributed by atoms with Crippen molar-refractivity contribution in [2.75, 3.05) is 23.8 Å². The van der Waals surface area contributed by atoms with Crippen molar-refractivity contribution >= 4 is 33.3 Å². The summed E-state index contributed by atoms with van der Waals surface area (Å²) >= 11 is 0. The zero-order chi connectivity index (χ0) is 28.9. The number of sulfonamides is 1. The van der Waals surface area contributed by atoms with Crippen LogP contribution in [0.2, 0.25) is 0 Å². The number of aromatic nitrogens is 4. The van der Waals surface area contributed by atoms with Crippen molar-refractivity contribution in [1.29, 1.82) is 0 Å². The molecule has 0 radical (unpaired) electrons. The number of nitrogens with zero attached hydrogens (tertiary/aromatic N) is 3. The summed E-state index contributed by atoms with van der Waals surface area (Å²) in [5, 5.41) is 9.70. The summed E-state index contributed by atoms with van der Waals surface area (Å²) in [7, 11) is -3.54. The number of carbonyl (C=O) groups excluding carboxylic acids is 1. The third-order valence-electron chi connectivity index (χ3n) is 5.88. The number of alkyl halides is 2. The molecule has 0 bridgehead atoms. The highest BCUT2D eigenvalue weighted by molar-refractivity contribution is 7.93. The second-order valence-electron chi connectivity index (χ2n) is 8.59. The standard InChI is InChI=1S/C25H24F3N7O4S/c1-39-13-17(14-2-5-18(26)6-3-14)11-16-10-15(4-7-19(16)35-40(37,38)25(27)28)22-21(23(29)36)24(34-33-22)32-20-12-30-8-9-31-20/h2-10,12,17,25,35H,11,13H2,1H3,(H2,29,36)(H2,31,32,33,34)/t17-/m0/s1. The topological polar surface area (TPSA) is 165 Å². The van der Waals surface area contributed by atoms with Crippen molar-refractivity contribution in [2.24, 2.45) is 5.73 Å². The van der Waals surface area contributed by atoms with Gasteiger partial charge in [0, 0.05) is 31.0 Å². The number of hydrogen-bond acceptors (Lipinski definition) is 8. The molecule has 40 heavy (non-hydrogen) atoms. The number of anilines is 3. The van der Waals surface area contributed by atoms with Crippen LogP contribution in [0.25, 0.3) is 11.3 Å². The minimum atomic E-state index is -5.00. The number of H-pyrrole nitrogens is 1. The molecule has 4 rings (SSSR count). The Kier molecular flexibility index (Phi) is 8.64. The quantitative estimate of drug-likeness (QED) is 0.198. The van der Waals surface area contributed by atoms with Crippen LogP contribution in [0.4, 0.5) is 30.5 Å². The summed E-state index contributed by atoms with van der Waals surface area (Å²) < 4.78 is 71.2. The lowest BCUT2D eigenvalue weighted by Gasteiger charge is -2.20. The summed E-state index contributed by atoms with van der Waals surface area (Å²) in [6.45, 7) is 0.152. The predicted octanol–water partition coefficient (Wildman–Crippen LogP) is 3.79. The molecule has 15 heteroatoms. The van der Waals surface area contributed by atoms with E-state index in [9.17, 15) is 26.4 Å². The highest BCUT2D eigenvalue weighted by Crippen LogP contribution is 2.34. The molecule has 5 N–H and O–H groups in total. The molecular weight excluding hydrogens is 551 g/mol. The summed E-state index contributed by atoms with van der Waals surface area (Å²) in [6, 6.07) is 9.87. The van der Waals surface area contributed by atoms with Gasteiger partial charge in [-0.15, -0.1) is 0 Å². The van der Waals surface area contributed by atoms with E-state index in [1.807, 2.05) is 4.72 Å². The van der Waals surface area contributed by atoms with Crippen LogP contribution in [0.15, 0.2) is 61.1 Å². The highest BCUT2D eigenvalue weighted by Gasteiger charge is 2.27. The van der Waals surface area contributed by atoms with Crippen molar-refractivity contribution in [2.45, 2.75) is 18.1 Å². The van der Waals surface area contributed by atoms with E-state index >= 15 is 0 Å². The second kappa shape index (κ2) is 12.1. The number of rotatable bonds is 12. The maximum absolute atomic E-state index is 13.5. The average Bonchev–Trinajstić information content (AvgIpc) is 3.34. The van der Waals surface area contributed by atoms with E-state index in [2.05, 4.69) is 25.5 Å². The maximum atomic E-state index is 13.5. The average molecular weight is 576 g/mol. The minimum Gasteiger partial charge on any atom is -0.384 e. The van der Waals surface area contributed by atoms with Gasteiger partial charge in [-0.1, -0.05) is 18.2 Å². The van der Waals surface area contributed by atoms with E-state index in [1.54, 1.807) is 12.1 Å². The zero-order valence-corrected chi connectivity index (χ0v) is 21.8. The van der Waals surface area contributed by atoms with E-state index in [1.165, 1.54) is 56.0 Å². The molecule has 1 amide bonds. The van der Waals surface area contributed by atoms with Crippen molar-refractivity contribution in [3.63, 3.8) is 0 Å². The Balaban J connectivity index is 1.79. The lowest BCUT2D eigenvalue weighted by atomic mass is 9.90. The molecule has 0 saturated carbocycles. The third-order valence-corrected chi connectivity index (χ3v) is 6.85. The van der Waals surface area contributed by atoms with Gasteiger partial charge in [-0.05, 0) is 41.8 Å². The Morgan fingerprint density at radius 3 is 2.52 bits per heavy atom. The fraction of sp³-hybridized carbons (Fsp3) is 0.200. The molecule has 2 aromatic heterocycles. The number of nitrogens with one attached hydrogen (secondary N) is 3. The first-order chi connectivity index (χ1) is 19.1. The van der Waals surface area contributed by atoms with Crippen LogP contribution in [0.1, 0.15) is 27.4 Å². The molecule has 0 aliphatic rings. The Morgan fingerprint density at radius 1 is 1.15 bits per heavy atom. The zero-order valence-electron chi connectivity index (χ0n) is 20.9. The molecule has 210 valence electrons. The van der Waals surface area contributed by atoms with E-state index < -0.39 is 33.4 Å². The Hall–Kier alpha value is -4.50. The molecule has 0 aliphatic heterocycles. The number of aromatic amines is 1. The van der Waals surface area contributed by atoms with E-state index in [-0.39, 0.29) is 35.8 Å². The van der Waals surface area contributed by atoms with Crippen molar-refractivity contribution in [3.05, 3.63) is 83.6 Å². The fourth-order valence-corrected chi connectivity index (χ4v) is 4.65. The number of ether oxygens (including phenoxy) is 1.